The molecule has 3 amide bonds. The Balaban J connectivity index is 3.44. The van der Waals surface area contributed by atoms with E-state index in [4.69, 9.17) is 11.2 Å². The number of carbonyl (C=O) groups is 3. The zero-order chi connectivity index (χ0) is 27.3. The van der Waals surface area contributed by atoms with Gasteiger partial charge in [-0.1, -0.05) is 57.7 Å². The number of nitrogens with one attached hydrogen (secondary N) is 2. The third-order valence-corrected chi connectivity index (χ3v) is 5.37. The minimum Gasteiger partial charge on any atom is -0.444 e. The van der Waals surface area contributed by atoms with E-state index in [1.165, 1.54) is 4.90 Å². The number of hydrogen-bond acceptors (Lipinski definition) is 5. The van der Waals surface area contributed by atoms with E-state index in [0.29, 0.717) is 24.1 Å². The van der Waals surface area contributed by atoms with Gasteiger partial charge in [0.25, 0.3) is 0 Å². The highest BCUT2D eigenvalue weighted by Gasteiger charge is 2.37. The lowest BCUT2D eigenvalue weighted by molar-refractivity contribution is -0.143. The van der Waals surface area contributed by atoms with Crippen molar-refractivity contribution in [1.82, 2.24) is 15.5 Å². The summed E-state index contributed by atoms with van der Waals surface area (Å²) in [5.41, 5.74) is 0.213. The number of terminal acetylenes is 1. The van der Waals surface area contributed by atoms with Gasteiger partial charge in [0.2, 0.25) is 11.8 Å². The minimum atomic E-state index is -1.08. The lowest BCUT2D eigenvalue weighted by Gasteiger charge is -2.35. The molecule has 2 atom stereocenters. The maximum atomic E-state index is 13.9. The monoisotopic (exact) mass is 501 g/mol. The number of rotatable bonds is 13. The van der Waals surface area contributed by atoms with Crippen molar-refractivity contribution >= 4 is 17.9 Å². The zero-order valence-electron chi connectivity index (χ0n) is 22.6. The van der Waals surface area contributed by atoms with Gasteiger partial charge in [0.15, 0.2) is 0 Å². The molecule has 0 aromatic heterocycles. The number of aliphatic hydroxyl groups excluding tert-OH is 1. The number of carbonyl (C=O) groups excluding carboxylic acids is 3. The summed E-state index contributed by atoms with van der Waals surface area (Å²) in [6, 6.07) is 4.90. The van der Waals surface area contributed by atoms with Gasteiger partial charge in [0, 0.05) is 18.7 Å². The van der Waals surface area contributed by atoms with Gasteiger partial charge >= 0.3 is 6.09 Å². The van der Waals surface area contributed by atoms with E-state index in [0.717, 1.165) is 19.3 Å². The van der Waals surface area contributed by atoms with Crippen LogP contribution in [0.3, 0.4) is 0 Å². The Morgan fingerprint density at radius 1 is 1.17 bits per heavy atom. The Bertz CT molecular complexity index is 901. The minimum absolute atomic E-state index is 0.0594. The van der Waals surface area contributed by atoms with Crippen LogP contribution in [0.25, 0.3) is 0 Å². The first-order valence-corrected chi connectivity index (χ1v) is 12.7. The van der Waals surface area contributed by atoms with Crippen LogP contribution in [-0.4, -0.2) is 59.3 Å². The molecule has 8 heteroatoms. The molecular formula is C28H43N3O5. The first-order valence-electron chi connectivity index (χ1n) is 12.7. The molecule has 0 spiro atoms. The van der Waals surface area contributed by atoms with Gasteiger partial charge in [0.05, 0.1) is 6.61 Å². The molecule has 0 aliphatic carbocycles. The molecule has 0 bridgehead atoms. The van der Waals surface area contributed by atoms with Crippen molar-refractivity contribution in [1.29, 1.82) is 0 Å². The predicted molar refractivity (Wildman–Crippen MR) is 141 cm³/mol. The quantitative estimate of drug-likeness (QED) is 0.282. The highest BCUT2D eigenvalue weighted by atomic mass is 16.6. The van der Waals surface area contributed by atoms with E-state index in [-0.39, 0.29) is 19.1 Å². The molecule has 200 valence electrons. The van der Waals surface area contributed by atoms with Gasteiger partial charge in [0.1, 0.15) is 17.7 Å². The molecule has 0 aliphatic rings. The fraction of sp³-hybridized carbons (Fsp3) is 0.607. The normalized spacial score (nSPS) is 12.9. The summed E-state index contributed by atoms with van der Waals surface area (Å²) in [6.45, 7) is 11.1. The van der Waals surface area contributed by atoms with Gasteiger partial charge in [-0.2, -0.15) is 0 Å². The standard InChI is InChI=1S/C28H43N3O5/c1-8-10-13-16-29-25(33)24(22-15-12-11-14-21(22)9-2)31(17-18-32)26(34)23(19-20(3)4)30-27(35)36-28(5,6)7/h2,11-12,14-15,20,23-24,32H,8,10,13,16-19H2,1,3-7H3,(H,29,33)(H,30,35). The number of alkyl carbamates (subject to hydrolysis) is 1. The number of nitrogens with zero attached hydrogens (tertiary/aromatic N) is 1. The highest BCUT2D eigenvalue weighted by molar-refractivity contribution is 5.92. The molecule has 0 saturated carbocycles. The van der Waals surface area contributed by atoms with Crippen LogP contribution >= 0.6 is 0 Å². The summed E-state index contributed by atoms with van der Waals surface area (Å²) in [5, 5.41) is 15.4. The molecule has 0 heterocycles. The smallest absolute Gasteiger partial charge is 0.408 e. The summed E-state index contributed by atoms with van der Waals surface area (Å²) in [5.74, 6) is 1.76. The van der Waals surface area contributed by atoms with E-state index in [2.05, 4.69) is 23.5 Å². The van der Waals surface area contributed by atoms with E-state index < -0.39 is 35.6 Å². The summed E-state index contributed by atoms with van der Waals surface area (Å²) in [7, 11) is 0. The van der Waals surface area contributed by atoms with Crippen LogP contribution in [0.4, 0.5) is 4.79 Å². The Kier molecular flexibility index (Phi) is 13.0. The fourth-order valence-corrected chi connectivity index (χ4v) is 3.82. The Morgan fingerprint density at radius 3 is 2.39 bits per heavy atom. The largest absolute Gasteiger partial charge is 0.444 e. The molecule has 8 nitrogen and oxygen atoms in total. The van der Waals surface area contributed by atoms with Crippen molar-refractivity contribution in [3.63, 3.8) is 0 Å². The fourth-order valence-electron chi connectivity index (χ4n) is 3.82. The number of unbranched alkanes of at least 4 members (excludes halogenated alkanes) is 2. The summed E-state index contributed by atoms with van der Waals surface area (Å²) < 4.78 is 5.37. The number of aliphatic hydroxyl groups is 1. The van der Waals surface area contributed by atoms with Crippen molar-refractivity contribution in [3.8, 4) is 12.3 Å². The third kappa shape index (κ3) is 10.3. The molecule has 1 aromatic rings. The van der Waals surface area contributed by atoms with Gasteiger partial charge < -0.3 is 25.4 Å². The molecular weight excluding hydrogens is 458 g/mol. The van der Waals surface area contributed by atoms with Crippen LogP contribution in [0.15, 0.2) is 24.3 Å². The summed E-state index contributed by atoms with van der Waals surface area (Å²) in [6.07, 6.45) is 8.08. The van der Waals surface area contributed by atoms with Crippen LogP contribution in [0, 0.1) is 18.3 Å². The first-order chi connectivity index (χ1) is 16.9. The van der Waals surface area contributed by atoms with Crippen molar-refractivity contribution in [2.75, 3.05) is 19.7 Å². The van der Waals surface area contributed by atoms with Crippen LogP contribution < -0.4 is 10.6 Å². The van der Waals surface area contributed by atoms with Crippen molar-refractivity contribution in [2.45, 2.75) is 84.9 Å². The molecule has 36 heavy (non-hydrogen) atoms. The molecule has 2 unspecified atom stereocenters. The number of benzene rings is 1. The highest BCUT2D eigenvalue weighted by Crippen LogP contribution is 2.26. The average molecular weight is 502 g/mol. The van der Waals surface area contributed by atoms with Gasteiger partial charge in [-0.3, -0.25) is 9.59 Å². The third-order valence-electron chi connectivity index (χ3n) is 5.37. The van der Waals surface area contributed by atoms with Crippen LogP contribution in [0.1, 0.15) is 84.4 Å². The predicted octanol–water partition coefficient (Wildman–Crippen LogP) is 3.78. The Morgan fingerprint density at radius 2 is 1.83 bits per heavy atom. The van der Waals surface area contributed by atoms with Crippen molar-refractivity contribution in [2.24, 2.45) is 5.92 Å². The second kappa shape index (κ2) is 15.1. The zero-order valence-corrected chi connectivity index (χ0v) is 22.6. The van der Waals surface area contributed by atoms with Crippen molar-refractivity contribution < 1.29 is 24.2 Å². The van der Waals surface area contributed by atoms with E-state index in [1.54, 1.807) is 45.0 Å². The molecule has 3 N–H and O–H groups in total. The lowest BCUT2D eigenvalue weighted by Crippen LogP contribution is -2.54. The van der Waals surface area contributed by atoms with Gasteiger partial charge in [-0.05, 0) is 51.2 Å². The molecule has 0 radical (unpaired) electrons. The number of hydrogen-bond donors (Lipinski definition) is 3. The van der Waals surface area contributed by atoms with Crippen LogP contribution in [0.5, 0.6) is 0 Å². The van der Waals surface area contributed by atoms with Gasteiger partial charge in [-0.15, -0.1) is 6.42 Å². The second-order valence-corrected chi connectivity index (χ2v) is 10.2. The number of amides is 3. The topological polar surface area (TPSA) is 108 Å². The lowest BCUT2D eigenvalue weighted by atomic mass is 9.96. The summed E-state index contributed by atoms with van der Waals surface area (Å²) in [4.78, 5) is 41.2. The molecule has 0 saturated heterocycles. The molecule has 0 fully saturated rings. The van der Waals surface area contributed by atoms with Crippen LogP contribution in [-0.2, 0) is 14.3 Å². The molecule has 1 aromatic carbocycles. The molecule has 1 rings (SSSR count). The first kappa shape index (κ1) is 31.0. The van der Waals surface area contributed by atoms with Crippen molar-refractivity contribution in [3.05, 3.63) is 35.4 Å². The number of ether oxygens (including phenoxy) is 1. The Hall–Kier alpha value is -3.05. The summed E-state index contributed by atoms with van der Waals surface area (Å²) >= 11 is 0. The van der Waals surface area contributed by atoms with E-state index in [9.17, 15) is 19.5 Å². The maximum Gasteiger partial charge on any atom is 0.408 e. The SMILES string of the molecule is C#Cc1ccccc1C(C(=O)NCCCCC)N(CCO)C(=O)C(CC(C)C)NC(=O)OC(C)(C)C. The second-order valence-electron chi connectivity index (χ2n) is 10.2. The molecule has 0 aliphatic heterocycles. The maximum absolute atomic E-state index is 13.9. The van der Waals surface area contributed by atoms with Gasteiger partial charge in [-0.25, -0.2) is 4.79 Å². The van der Waals surface area contributed by atoms with E-state index in [1.807, 2.05) is 13.8 Å². The average Bonchev–Trinajstić information content (AvgIpc) is 2.79. The van der Waals surface area contributed by atoms with Crippen LogP contribution in [0.2, 0.25) is 0 Å². The van der Waals surface area contributed by atoms with E-state index >= 15 is 0 Å². The Labute approximate surface area is 216 Å².